The van der Waals surface area contributed by atoms with Crippen molar-refractivity contribution in [3.8, 4) is 0 Å². The number of para-hydroxylation sites is 1. The van der Waals surface area contributed by atoms with E-state index in [0.717, 1.165) is 12.8 Å². The third-order valence-corrected chi connectivity index (χ3v) is 4.24. The number of benzene rings is 1. The molecule has 0 aliphatic carbocycles. The molecule has 1 atom stereocenters. The topological polar surface area (TPSA) is 87.7 Å². The molecule has 26 heavy (non-hydrogen) atoms. The summed E-state index contributed by atoms with van der Waals surface area (Å²) in [7, 11) is 0. The zero-order chi connectivity index (χ0) is 19.1. The molecule has 0 saturated carbocycles. The minimum Gasteiger partial charge on any atom is -0.462 e. The molecule has 0 spiro atoms. The van der Waals surface area contributed by atoms with Crippen molar-refractivity contribution in [3.63, 3.8) is 0 Å². The summed E-state index contributed by atoms with van der Waals surface area (Å²) in [6, 6.07) is 6.14. The summed E-state index contributed by atoms with van der Waals surface area (Å²) in [4.78, 5) is 38.1. The van der Waals surface area contributed by atoms with Crippen LogP contribution < -0.4 is 10.6 Å². The molecule has 7 nitrogen and oxygen atoms in total. The van der Waals surface area contributed by atoms with Crippen LogP contribution in [0.1, 0.15) is 50.4 Å². The monoisotopic (exact) mass is 361 g/mol. The third kappa shape index (κ3) is 5.21. The Morgan fingerprint density at radius 3 is 2.69 bits per heavy atom. The molecule has 0 aromatic heterocycles. The lowest BCUT2D eigenvalue weighted by molar-refractivity contribution is -0.129. The van der Waals surface area contributed by atoms with Crippen molar-refractivity contribution in [1.82, 2.24) is 10.2 Å². The number of hydrogen-bond acceptors (Lipinski definition) is 4. The zero-order valence-electron chi connectivity index (χ0n) is 15.6. The van der Waals surface area contributed by atoms with Crippen LogP contribution in [0.2, 0.25) is 0 Å². The molecule has 2 rings (SSSR count). The summed E-state index contributed by atoms with van der Waals surface area (Å²) in [5.74, 6) is -0.429. The largest absolute Gasteiger partial charge is 0.462 e. The van der Waals surface area contributed by atoms with E-state index in [1.54, 1.807) is 29.2 Å². The van der Waals surface area contributed by atoms with Gasteiger partial charge in [-0.3, -0.25) is 4.79 Å². The highest BCUT2D eigenvalue weighted by molar-refractivity contribution is 6.01. The zero-order valence-corrected chi connectivity index (χ0v) is 15.6. The minimum atomic E-state index is -0.462. The molecule has 2 N–H and O–H groups in total. The summed E-state index contributed by atoms with van der Waals surface area (Å²) < 4.78 is 5.22. The SMILES string of the molecule is CCCCOC(=O)c1ccccc1NC(=O)NC1CC(=O)N(C(C)C)C1. The minimum absolute atomic E-state index is 0.0326. The first-order valence-corrected chi connectivity index (χ1v) is 9.05. The molecule has 0 bridgehead atoms. The first-order chi connectivity index (χ1) is 12.4. The Balaban J connectivity index is 1.95. The van der Waals surface area contributed by atoms with Gasteiger partial charge in [0.15, 0.2) is 0 Å². The Morgan fingerprint density at radius 1 is 1.31 bits per heavy atom. The second-order valence-corrected chi connectivity index (χ2v) is 6.67. The van der Waals surface area contributed by atoms with Gasteiger partial charge in [-0.25, -0.2) is 9.59 Å². The smallest absolute Gasteiger partial charge is 0.340 e. The van der Waals surface area contributed by atoms with E-state index < -0.39 is 12.0 Å². The average Bonchev–Trinajstić information content (AvgIpc) is 2.95. The van der Waals surface area contributed by atoms with Crippen LogP contribution in [0.5, 0.6) is 0 Å². The highest BCUT2D eigenvalue weighted by Gasteiger charge is 2.32. The lowest BCUT2D eigenvalue weighted by atomic mass is 10.2. The van der Waals surface area contributed by atoms with Gasteiger partial charge in [-0.05, 0) is 32.4 Å². The van der Waals surface area contributed by atoms with Gasteiger partial charge in [0, 0.05) is 19.0 Å². The van der Waals surface area contributed by atoms with Gasteiger partial charge < -0.3 is 20.3 Å². The van der Waals surface area contributed by atoms with Crippen molar-refractivity contribution in [2.45, 2.75) is 52.1 Å². The number of esters is 1. The fraction of sp³-hybridized carbons (Fsp3) is 0.526. The number of unbranched alkanes of at least 4 members (excludes halogenated alkanes) is 1. The van der Waals surface area contributed by atoms with Gasteiger partial charge in [-0.15, -0.1) is 0 Å². The first kappa shape index (κ1) is 19.8. The average molecular weight is 361 g/mol. The maximum absolute atomic E-state index is 12.3. The number of carbonyl (C=O) groups is 3. The summed E-state index contributed by atoms with van der Waals surface area (Å²) >= 11 is 0. The molecule has 1 aliphatic heterocycles. The van der Waals surface area contributed by atoms with Crippen LogP contribution in [0.15, 0.2) is 24.3 Å². The van der Waals surface area contributed by atoms with Crippen molar-refractivity contribution >= 4 is 23.6 Å². The van der Waals surface area contributed by atoms with Crippen molar-refractivity contribution in [2.24, 2.45) is 0 Å². The predicted molar refractivity (Wildman–Crippen MR) is 99.0 cm³/mol. The molecule has 0 radical (unpaired) electrons. The molecule has 1 unspecified atom stereocenters. The highest BCUT2D eigenvalue weighted by atomic mass is 16.5. The van der Waals surface area contributed by atoms with Crippen LogP contribution in [-0.4, -0.2) is 48.0 Å². The fourth-order valence-electron chi connectivity index (χ4n) is 2.83. The number of likely N-dealkylation sites (tertiary alicyclic amines) is 1. The van der Waals surface area contributed by atoms with Gasteiger partial charge in [0.2, 0.25) is 5.91 Å². The Kier molecular flexibility index (Phi) is 7.00. The Bertz CT molecular complexity index is 660. The van der Waals surface area contributed by atoms with E-state index in [2.05, 4.69) is 10.6 Å². The van der Waals surface area contributed by atoms with Crippen LogP contribution in [0.25, 0.3) is 0 Å². The van der Waals surface area contributed by atoms with Crippen molar-refractivity contribution < 1.29 is 19.1 Å². The number of hydrogen-bond donors (Lipinski definition) is 2. The number of amides is 3. The lowest BCUT2D eigenvalue weighted by Crippen LogP contribution is -2.41. The van der Waals surface area contributed by atoms with Crippen LogP contribution in [0.4, 0.5) is 10.5 Å². The Labute approximate surface area is 154 Å². The normalized spacial score (nSPS) is 16.7. The maximum Gasteiger partial charge on any atom is 0.340 e. The number of anilines is 1. The molecule has 1 fully saturated rings. The van der Waals surface area contributed by atoms with Gasteiger partial charge >= 0.3 is 12.0 Å². The first-order valence-electron chi connectivity index (χ1n) is 9.05. The molecule has 1 aromatic carbocycles. The molecule has 7 heteroatoms. The predicted octanol–water partition coefficient (Wildman–Crippen LogP) is 2.77. The summed E-state index contributed by atoms with van der Waals surface area (Å²) in [5, 5.41) is 5.48. The van der Waals surface area contributed by atoms with E-state index in [1.807, 2.05) is 20.8 Å². The molecule has 1 heterocycles. The molecule has 142 valence electrons. The fourth-order valence-corrected chi connectivity index (χ4v) is 2.83. The van der Waals surface area contributed by atoms with Gasteiger partial charge in [0.25, 0.3) is 0 Å². The number of carbonyl (C=O) groups excluding carboxylic acids is 3. The number of rotatable bonds is 7. The quantitative estimate of drug-likeness (QED) is 0.577. The molecular weight excluding hydrogens is 334 g/mol. The van der Waals surface area contributed by atoms with Crippen molar-refractivity contribution in [3.05, 3.63) is 29.8 Å². The summed E-state index contributed by atoms with van der Waals surface area (Å²) in [6.45, 7) is 6.75. The lowest BCUT2D eigenvalue weighted by Gasteiger charge is -2.21. The second-order valence-electron chi connectivity index (χ2n) is 6.67. The van der Waals surface area contributed by atoms with Crippen LogP contribution in [0, 0.1) is 0 Å². The van der Waals surface area contributed by atoms with Crippen molar-refractivity contribution in [1.29, 1.82) is 0 Å². The molecular formula is C19H27N3O4. The molecule has 1 aliphatic rings. The van der Waals surface area contributed by atoms with Crippen LogP contribution in [0.3, 0.4) is 0 Å². The number of ether oxygens (including phenoxy) is 1. The summed E-state index contributed by atoms with van der Waals surface area (Å²) in [5.41, 5.74) is 0.696. The Hall–Kier alpha value is -2.57. The number of nitrogens with one attached hydrogen (secondary N) is 2. The number of urea groups is 1. The second kappa shape index (κ2) is 9.22. The maximum atomic E-state index is 12.3. The Morgan fingerprint density at radius 2 is 2.04 bits per heavy atom. The number of nitrogens with zero attached hydrogens (tertiary/aromatic N) is 1. The highest BCUT2D eigenvalue weighted by Crippen LogP contribution is 2.18. The van der Waals surface area contributed by atoms with Gasteiger partial charge in [-0.2, -0.15) is 0 Å². The summed E-state index contributed by atoms with van der Waals surface area (Å²) in [6.07, 6.45) is 2.01. The molecule has 1 aromatic rings. The van der Waals surface area contributed by atoms with E-state index in [-0.39, 0.29) is 24.4 Å². The third-order valence-electron chi connectivity index (χ3n) is 4.24. The van der Waals surface area contributed by atoms with Crippen molar-refractivity contribution in [2.75, 3.05) is 18.5 Å². The van der Waals surface area contributed by atoms with Gasteiger partial charge in [0.05, 0.1) is 23.9 Å². The van der Waals surface area contributed by atoms with E-state index in [0.29, 0.717) is 24.4 Å². The standard InChI is InChI=1S/C19H27N3O4/c1-4-5-10-26-18(24)15-8-6-7-9-16(15)21-19(25)20-14-11-17(23)22(12-14)13(2)3/h6-9,13-14H,4-5,10-12H2,1-3H3,(H2,20,21,25). The van der Waals surface area contributed by atoms with Gasteiger partial charge in [-0.1, -0.05) is 25.5 Å². The van der Waals surface area contributed by atoms with E-state index >= 15 is 0 Å². The van der Waals surface area contributed by atoms with Crippen LogP contribution >= 0.6 is 0 Å². The van der Waals surface area contributed by atoms with E-state index in [4.69, 9.17) is 4.74 Å². The molecule has 1 saturated heterocycles. The molecule has 3 amide bonds. The van der Waals surface area contributed by atoms with E-state index in [9.17, 15) is 14.4 Å². The van der Waals surface area contributed by atoms with Crippen LogP contribution in [-0.2, 0) is 9.53 Å². The van der Waals surface area contributed by atoms with E-state index in [1.165, 1.54) is 0 Å². The van der Waals surface area contributed by atoms with Gasteiger partial charge in [0.1, 0.15) is 0 Å².